The Morgan fingerprint density at radius 2 is 1.97 bits per heavy atom. The molecule has 13 nitrogen and oxygen atoms in total. The molecule has 2 fully saturated rings. The van der Waals surface area contributed by atoms with Gasteiger partial charge in [0.25, 0.3) is 5.91 Å². The van der Waals surface area contributed by atoms with E-state index in [0.717, 1.165) is 24.0 Å². The molecular weight excluding hydrogens is 464 g/mol. The molecule has 6 rings (SSSR count). The van der Waals surface area contributed by atoms with Gasteiger partial charge in [-0.2, -0.15) is 14.7 Å². The average molecular weight is 491 g/mol. The predicted octanol–water partition coefficient (Wildman–Crippen LogP) is 1.04. The lowest BCUT2D eigenvalue weighted by Gasteiger charge is -2.38. The molecule has 2 bridgehead atoms. The van der Waals surface area contributed by atoms with Crippen LogP contribution in [0.4, 0.5) is 5.82 Å². The molecule has 0 radical (unpaired) electrons. The number of nitrogen functional groups attached to an aromatic ring is 1. The number of nitrogens with zero attached hydrogens (tertiary/aromatic N) is 8. The number of aliphatic hydroxyl groups excluding tert-OH is 1. The van der Waals surface area contributed by atoms with Gasteiger partial charge in [-0.15, -0.1) is 10.2 Å². The number of hydrogen-bond acceptors (Lipinski definition) is 9. The molecule has 0 spiro atoms. The second-order valence-electron chi connectivity index (χ2n) is 9.43. The van der Waals surface area contributed by atoms with Crippen molar-refractivity contribution in [3.63, 3.8) is 0 Å². The fourth-order valence-electron chi connectivity index (χ4n) is 5.78. The molecule has 4 aromatic rings. The highest BCUT2D eigenvalue weighted by Crippen LogP contribution is 2.45. The first-order valence-electron chi connectivity index (χ1n) is 12.0. The summed E-state index contributed by atoms with van der Waals surface area (Å²) in [6, 6.07) is 0.0398. The number of nitrogens with one attached hydrogen (secondary N) is 1. The maximum Gasteiger partial charge on any atom is 0.292 e. The maximum atomic E-state index is 13.1. The van der Waals surface area contributed by atoms with Crippen LogP contribution in [0.3, 0.4) is 0 Å². The van der Waals surface area contributed by atoms with E-state index < -0.39 is 0 Å². The van der Waals surface area contributed by atoms with E-state index in [1.165, 1.54) is 17.8 Å². The predicted molar refractivity (Wildman–Crippen MR) is 127 cm³/mol. The second kappa shape index (κ2) is 8.52. The second-order valence-corrected chi connectivity index (χ2v) is 9.43. The van der Waals surface area contributed by atoms with Gasteiger partial charge in [0.05, 0.1) is 36.8 Å². The number of rotatable bonds is 6. The van der Waals surface area contributed by atoms with Gasteiger partial charge >= 0.3 is 0 Å². The van der Waals surface area contributed by atoms with Gasteiger partial charge in [0.1, 0.15) is 12.1 Å². The third-order valence-electron chi connectivity index (χ3n) is 7.31. The number of H-pyrrole nitrogens is 1. The van der Waals surface area contributed by atoms with Crippen molar-refractivity contribution in [2.75, 3.05) is 12.3 Å². The van der Waals surface area contributed by atoms with Crippen LogP contribution in [0, 0.1) is 0 Å². The summed E-state index contributed by atoms with van der Waals surface area (Å²) in [6.45, 7) is 1.85. The highest BCUT2D eigenvalue weighted by molar-refractivity contribution is 6.00. The van der Waals surface area contributed by atoms with Gasteiger partial charge in [-0.1, -0.05) is 0 Å². The molecule has 0 aliphatic carbocycles. The van der Waals surface area contributed by atoms with Crippen LogP contribution in [0.25, 0.3) is 16.8 Å². The van der Waals surface area contributed by atoms with Crippen LogP contribution in [-0.2, 0) is 6.54 Å². The normalized spacial score (nSPS) is 21.4. The van der Waals surface area contributed by atoms with E-state index in [2.05, 4.69) is 25.4 Å². The number of aromatic amines is 1. The maximum absolute atomic E-state index is 13.1. The number of hydrogen-bond donors (Lipinski definition) is 3. The Morgan fingerprint density at radius 3 is 2.64 bits per heavy atom. The first kappa shape index (κ1) is 22.3. The largest absolute Gasteiger partial charge is 0.394 e. The van der Waals surface area contributed by atoms with Crippen molar-refractivity contribution in [3.8, 4) is 11.1 Å². The van der Waals surface area contributed by atoms with Crippen molar-refractivity contribution in [2.45, 2.75) is 57.2 Å². The molecule has 0 unspecified atom stereocenters. The quantitative estimate of drug-likeness (QED) is 0.334. The van der Waals surface area contributed by atoms with E-state index >= 15 is 0 Å². The SMILES string of the molecule is CC(=O)c1c([C@H]2C[C@H]3CC[C@@H](C2)N3C(=O)c2nnc[nH]2)nc2c(-c3cnn(CCO)c3)cnn2c1N. The van der Waals surface area contributed by atoms with Crippen LogP contribution in [0.5, 0.6) is 0 Å². The van der Waals surface area contributed by atoms with E-state index in [-0.39, 0.29) is 47.9 Å². The summed E-state index contributed by atoms with van der Waals surface area (Å²) in [4.78, 5) is 35.5. The lowest BCUT2D eigenvalue weighted by Crippen LogP contribution is -2.46. The van der Waals surface area contributed by atoms with Crippen molar-refractivity contribution in [1.29, 1.82) is 0 Å². The number of ketones is 1. The lowest BCUT2D eigenvalue weighted by molar-refractivity contribution is 0.0556. The third-order valence-corrected chi connectivity index (χ3v) is 7.31. The number of nitrogens with two attached hydrogens (primary N) is 1. The molecule has 2 aliphatic heterocycles. The lowest BCUT2D eigenvalue weighted by atomic mass is 9.85. The van der Waals surface area contributed by atoms with Crippen LogP contribution < -0.4 is 5.73 Å². The van der Waals surface area contributed by atoms with Gasteiger partial charge in [-0.25, -0.2) is 4.98 Å². The molecule has 3 atom stereocenters. The van der Waals surface area contributed by atoms with Crippen LogP contribution in [0.15, 0.2) is 24.9 Å². The molecule has 186 valence electrons. The van der Waals surface area contributed by atoms with Gasteiger partial charge in [-0.05, 0) is 32.6 Å². The van der Waals surface area contributed by atoms with E-state index in [9.17, 15) is 14.7 Å². The van der Waals surface area contributed by atoms with Crippen LogP contribution in [0.2, 0.25) is 0 Å². The number of carbonyl (C=O) groups excluding carboxylic acids is 2. The number of Topliss-reactive ketones (excluding diaryl/α,β-unsaturated/α-hetero) is 1. The molecule has 2 aliphatic rings. The van der Waals surface area contributed by atoms with E-state index in [0.29, 0.717) is 36.3 Å². The summed E-state index contributed by atoms with van der Waals surface area (Å²) >= 11 is 0. The standard InChI is InChI=1S/C23H26N10O3/c1-12(35)18-19(13-6-15-2-3-16(7-13)32(15)23(36)21-25-11-26-30-21)29-22-17(9-28-33(22)20(18)24)14-8-27-31(10-14)4-5-34/h8-11,13,15-16,34H,2-7,24H2,1H3,(H,25,26,30)/t13-,15+,16-. The monoisotopic (exact) mass is 490 g/mol. The number of carbonyl (C=O) groups is 2. The highest BCUT2D eigenvalue weighted by atomic mass is 16.3. The van der Waals surface area contributed by atoms with Crippen molar-refractivity contribution >= 4 is 23.2 Å². The molecule has 6 heterocycles. The minimum atomic E-state index is -0.169. The summed E-state index contributed by atoms with van der Waals surface area (Å²) in [6.07, 6.45) is 9.70. The van der Waals surface area contributed by atoms with E-state index in [1.807, 2.05) is 11.1 Å². The first-order chi connectivity index (χ1) is 17.5. The van der Waals surface area contributed by atoms with Crippen molar-refractivity contribution < 1.29 is 14.7 Å². The zero-order valence-corrected chi connectivity index (χ0v) is 19.7. The number of piperidine rings is 1. The topological polar surface area (TPSA) is 173 Å². The molecule has 0 aromatic carbocycles. The zero-order valence-electron chi connectivity index (χ0n) is 19.7. The Bertz CT molecular complexity index is 1440. The van der Waals surface area contributed by atoms with E-state index in [1.54, 1.807) is 17.1 Å². The van der Waals surface area contributed by atoms with Gasteiger partial charge in [0, 0.05) is 35.3 Å². The molecular formula is C23H26N10O3. The molecule has 0 saturated carbocycles. The van der Waals surface area contributed by atoms with Gasteiger partial charge in [0.15, 0.2) is 11.4 Å². The fraction of sp³-hybridized carbons (Fsp3) is 0.435. The highest BCUT2D eigenvalue weighted by Gasteiger charge is 2.45. The molecule has 36 heavy (non-hydrogen) atoms. The molecule has 4 aromatic heterocycles. The van der Waals surface area contributed by atoms with Gasteiger partial charge in [0.2, 0.25) is 5.82 Å². The average Bonchev–Trinajstić information content (AvgIpc) is 3.65. The van der Waals surface area contributed by atoms with Gasteiger partial charge < -0.3 is 20.7 Å². The Balaban J connectivity index is 1.39. The van der Waals surface area contributed by atoms with Gasteiger partial charge in [-0.3, -0.25) is 14.3 Å². The minimum Gasteiger partial charge on any atom is -0.394 e. The number of fused-ring (bicyclic) bond motifs is 3. The Morgan fingerprint density at radius 1 is 1.19 bits per heavy atom. The number of anilines is 1. The van der Waals surface area contributed by atoms with Crippen molar-refractivity contribution in [1.82, 2.24) is 44.5 Å². The number of aliphatic hydroxyl groups is 1. The summed E-state index contributed by atoms with van der Waals surface area (Å²) < 4.78 is 3.14. The summed E-state index contributed by atoms with van der Waals surface area (Å²) in [5.41, 5.74) is 9.61. The van der Waals surface area contributed by atoms with Crippen molar-refractivity contribution in [2.24, 2.45) is 0 Å². The molecule has 13 heteroatoms. The molecule has 1 amide bonds. The third kappa shape index (κ3) is 3.46. The number of amides is 1. The fourth-order valence-corrected chi connectivity index (χ4v) is 5.78. The summed E-state index contributed by atoms with van der Waals surface area (Å²) in [7, 11) is 0. The summed E-state index contributed by atoms with van der Waals surface area (Å²) in [5, 5.41) is 25.5. The van der Waals surface area contributed by atoms with Crippen molar-refractivity contribution in [3.05, 3.63) is 42.0 Å². The smallest absolute Gasteiger partial charge is 0.292 e. The Labute approximate surface area is 205 Å². The first-order valence-corrected chi connectivity index (χ1v) is 12.0. The Hall–Kier alpha value is -4.13. The van der Waals surface area contributed by atoms with Crippen LogP contribution in [0.1, 0.15) is 65.2 Å². The van der Waals surface area contributed by atoms with Crippen LogP contribution in [-0.4, -0.2) is 79.9 Å². The number of aromatic nitrogens is 8. The van der Waals surface area contributed by atoms with E-state index in [4.69, 9.17) is 10.7 Å². The minimum absolute atomic E-state index is 0.0199. The Kier molecular flexibility index (Phi) is 5.29. The zero-order chi connectivity index (χ0) is 25.0. The molecule has 2 saturated heterocycles. The molecule has 4 N–H and O–H groups in total. The van der Waals surface area contributed by atoms with Crippen LogP contribution >= 0.6 is 0 Å². The summed E-state index contributed by atoms with van der Waals surface area (Å²) in [5.74, 6) is 0.143.